The molecule has 0 unspecified atom stereocenters. The van der Waals surface area contributed by atoms with Crippen LogP contribution in [-0.4, -0.2) is 22.6 Å². The van der Waals surface area contributed by atoms with E-state index in [0.29, 0.717) is 0 Å². The van der Waals surface area contributed by atoms with Gasteiger partial charge in [0.25, 0.3) is 0 Å². The van der Waals surface area contributed by atoms with Gasteiger partial charge in [-0.1, -0.05) is 153 Å². The summed E-state index contributed by atoms with van der Waals surface area (Å²) in [6.45, 7) is 4.81. The number of hydrogen-bond acceptors (Lipinski definition) is 4. The van der Waals surface area contributed by atoms with Gasteiger partial charge in [-0.05, 0) is 68.8 Å². The lowest BCUT2D eigenvalue weighted by Gasteiger charge is -2.43. The van der Waals surface area contributed by atoms with E-state index in [1.54, 1.807) is 0 Å². The van der Waals surface area contributed by atoms with Crippen molar-refractivity contribution in [1.82, 2.24) is 14.5 Å². The predicted molar refractivity (Wildman–Crippen MR) is 247 cm³/mol. The summed E-state index contributed by atoms with van der Waals surface area (Å²) in [5, 5.41) is 7.91. The van der Waals surface area contributed by atoms with Crippen molar-refractivity contribution in [3.63, 3.8) is 0 Å². The summed E-state index contributed by atoms with van der Waals surface area (Å²) >= 11 is 1.90. The van der Waals surface area contributed by atoms with E-state index < -0.39 is 8.07 Å². The number of pyridine rings is 1. The summed E-state index contributed by atoms with van der Waals surface area (Å²) in [7, 11) is -0.873. The monoisotopic (exact) mass is 780 g/mol. The van der Waals surface area contributed by atoms with Crippen LogP contribution in [0.15, 0.2) is 188 Å². The first-order chi connectivity index (χ1) is 28.4. The number of thiophene rings is 1. The van der Waals surface area contributed by atoms with Crippen molar-refractivity contribution in [2.24, 2.45) is 7.05 Å². The minimum Gasteiger partial charge on any atom is -0.327 e. The van der Waals surface area contributed by atoms with Gasteiger partial charge in [-0.25, -0.2) is 9.97 Å². The van der Waals surface area contributed by atoms with Gasteiger partial charge in [0.05, 0.1) is 22.4 Å². The Hall–Kier alpha value is -6.60. The molecule has 0 amide bonds. The van der Waals surface area contributed by atoms with E-state index in [9.17, 15) is 0 Å². The molecule has 0 bridgehead atoms. The van der Waals surface area contributed by atoms with E-state index in [-0.39, 0.29) is 5.41 Å². The molecule has 7 aromatic carbocycles. The number of benzene rings is 7. The molecule has 1 aliphatic heterocycles. The van der Waals surface area contributed by atoms with Gasteiger partial charge in [0, 0.05) is 50.0 Å². The highest BCUT2D eigenvalue weighted by molar-refractivity contribution is 7.26. The van der Waals surface area contributed by atoms with Crippen LogP contribution in [0.5, 0.6) is 0 Å². The Morgan fingerprint density at radius 3 is 2.02 bits per heavy atom. The largest absolute Gasteiger partial charge is 0.327 e. The maximum atomic E-state index is 5.16. The van der Waals surface area contributed by atoms with Crippen molar-refractivity contribution in [3.8, 4) is 11.4 Å². The standard InChI is InChI=1S/C52H40N4SSi/c1-52(2)42-30-28-39(34-46(42)56(48-27-14-15-32-53-48)45-31-29-41-40-23-10-13-26-47(40)57-50(41)49(45)52)58(36-18-6-4-7-19-36,37-20-8-5-9-21-37)38-22-16-17-35(33-38)51-54-43-24-11-12-25-44(43)55(51)3/h4-34H,1-3H3. The van der Waals surface area contributed by atoms with E-state index >= 15 is 0 Å². The lowest BCUT2D eigenvalue weighted by molar-refractivity contribution is 0.638. The zero-order valence-electron chi connectivity index (χ0n) is 32.6. The van der Waals surface area contributed by atoms with Crippen molar-refractivity contribution in [2.45, 2.75) is 19.3 Å². The van der Waals surface area contributed by atoms with Crippen molar-refractivity contribution >= 4 is 88.6 Å². The van der Waals surface area contributed by atoms with Crippen LogP contribution < -0.4 is 25.6 Å². The molecule has 10 aromatic rings. The number of para-hydroxylation sites is 2. The molecule has 0 atom stereocenters. The molecule has 0 spiro atoms. The van der Waals surface area contributed by atoms with Crippen molar-refractivity contribution in [3.05, 3.63) is 199 Å². The van der Waals surface area contributed by atoms with E-state index in [0.717, 1.165) is 28.2 Å². The molecule has 11 rings (SSSR count). The summed E-state index contributed by atoms with van der Waals surface area (Å²) < 4.78 is 4.88. The first kappa shape index (κ1) is 34.6. The second-order valence-electron chi connectivity index (χ2n) is 15.9. The maximum absolute atomic E-state index is 5.16. The molecule has 0 N–H and O–H groups in total. The SMILES string of the molecule is Cn1c(-c2cccc([Si](c3ccccc3)(c3ccccc3)c3ccc4c(c3)N(c3ccccn3)c3ccc5c(sc6ccccc65)c3C4(C)C)c2)nc2ccccc21. The number of hydrogen-bond donors (Lipinski definition) is 0. The lowest BCUT2D eigenvalue weighted by atomic mass is 9.73. The van der Waals surface area contributed by atoms with Gasteiger partial charge in [0.1, 0.15) is 11.6 Å². The van der Waals surface area contributed by atoms with Crippen LogP contribution in [0.1, 0.15) is 25.0 Å². The van der Waals surface area contributed by atoms with Crippen LogP contribution >= 0.6 is 11.3 Å². The number of aromatic nitrogens is 3. The molecular formula is C52H40N4SSi. The van der Waals surface area contributed by atoms with Crippen LogP contribution in [0.25, 0.3) is 42.6 Å². The molecule has 0 aliphatic carbocycles. The Morgan fingerprint density at radius 1 is 0.569 bits per heavy atom. The molecular weight excluding hydrogens is 741 g/mol. The number of anilines is 3. The van der Waals surface area contributed by atoms with Crippen LogP contribution in [0, 0.1) is 0 Å². The number of fused-ring (bicyclic) bond motifs is 7. The highest BCUT2D eigenvalue weighted by Gasteiger charge is 2.45. The summed E-state index contributed by atoms with van der Waals surface area (Å²) in [4.78, 5) is 12.6. The summed E-state index contributed by atoms with van der Waals surface area (Å²) in [6.07, 6.45) is 1.91. The van der Waals surface area contributed by atoms with Gasteiger partial charge < -0.3 is 4.57 Å². The van der Waals surface area contributed by atoms with Gasteiger partial charge in [-0.3, -0.25) is 4.90 Å². The van der Waals surface area contributed by atoms with Crippen LogP contribution in [0.4, 0.5) is 17.2 Å². The van der Waals surface area contributed by atoms with Crippen LogP contribution in [0.2, 0.25) is 0 Å². The molecule has 4 heterocycles. The maximum Gasteiger partial charge on any atom is 0.179 e. The van der Waals surface area contributed by atoms with E-state index in [1.165, 1.54) is 63.4 Å². The zero-order valence-corrected chi connectivity index (χ0v) is 34.4. The number of rotatable bonds is 6. The lowest BCUT2D eigenvalue weighted by Crippen LogP contribution is -2.74. The summed E-state index contributed by atoms with van der Waals surface area (Å²) in [6, 6.07) is 67.1. The Labute approximate surface area is 343 Å². The fraction of sp³-hybridized carbons (Fsp3) is 0.0769. The molecule has 0 saturated heterocycles. The van der Waals surface area contributed by atoms with Crippen molar-refractivity contribution in [1.29, 1.82) is 0 Å². The average Bonchev–Trinajstić information content (AvgIpc) is 3.82. The first-order valence-electron chi connectivity index (χ1n) is 19.9. The number of nitrogens with zero attached hydrogens (tertiary/aromatic N) is 4. The molecule has 3 aromatic heterocycles. The third-order valence-electron chi connectivity index (χ3n) is 12.4. The van der Waals surface area contributed by atoms with Gasteiger partial charge in [-0.15, -0.1) is 11.3 Å². The smallest absolute Gasteiger partial charge is 0.179 e. The highest BCUT2D eigenvalue weighted by Crippen LogP contribution is 2.55. The number of aryl methyl sites for hydroxylation is 1. The normalized spacial score (nSPS) is 13.5. The minimum absolute atomic E-state index is 0.293. The van der Waals surface area contributed by atoms with Gasteiger partial charge >= 0.3 is 0 Å². The fourth-order valence-electron chi connectivity index (χ4n) is 9.72. The van der Waals surface area contributed by atoms with Gasteiger partial charge in [0.2, 0.25) is 0 Å². The number of imidazole rings is 1. The quantitative estimate of drug-likeness (QED) is 0.125. The Balaban J connectivity index is 1.21. The minimum atomic E-state index is -3.00. The molecule has 58 heavy (non-hydrogen) atoms. The molecule has 0 fully saturated rings. The second-order valence-corrected chi connectivity index (χ2v) is 20.7. The third kappa shape index (κ3) is 5.05. The van der Waals surface area contributed by atoms with Gasteiger partial charge in [0.15, 0.2) is 8.07 Å². The highest BCUT2D eigenvalue weighted by atomic mass is 32.1. The Bertz CT molecular complexity index is 3130. The van der Waals surface area contributed by atoms with Crippen molar-refractivity contribution < 1.29 is 0 Å². The molecule has 6 heteroatoms. The predicted octanol–water partition coefficient (Wildman–Crippen LogP) is 10.5. The second kappa shape index (κ2) is 13.2. The van der Waals surface area contributed by atoms with Crippen LogP contribution in [-0.2, 0) is 12.5 Å². The zero-order chi connectivity index (χ0) is 39.0. The fourth-order valence-corrected chi connectivity index (χ4v) is 15.9. The Kier molecular flexibility index (Phi) is 7.90. The van der Waals surface area contributed by atoms with Crippen LogP contribution in [0.3, 0.4) is 0 Å². The first-order valence-corrected chi connectivity index (χ1v) is 22.7. The molecule has 0 saturated carbocycles. The molecule has 4 nitrogen and oxygen atoms in total. The Morgan fingerprint density at radius 2 is 1.26 bits per heavy atom. The summed E-state index contributed by atoms with van der Waals surface area (Å²) in [5.74, 6) is 1.87. The molecule has 278 valence electrons. The van der Waals surface area contributed by atoms with Crippen molar-refractivity contribution in [2.75, 3.05) is 4.90 Å². The molecule has 0 radical (unpaired) electrons. The third-order valence-corrected chi connectivity index (χ3v) is 18.3. The summed E-state index contributed by atoms with van der Waals surface area (Å²) in [5.41, 5.74) is 7.93. The molecule has 1 aliphatic rings. The topological polar surface area (TPSA) is 34.0 Å². The van der Waals surface area contributed by atoms with E-state index in [1.807, 2.05) is 23.6 Å². The van der Waals surface area contributed by atoms with E-state index in [2.05, 4.69) is 206 Å². The van der Waals surface area contributed by atoms with E-state index in [4.69, 9.17) is 9.97 Å². The average molecular weight is 781 g/mol. The van der Waals surface area contributed by atoms with Gasteiger partial charge in [-0.2, -0.15) is 0 Å².